The van der Waals surface area contributed by atoms with Crippen LogP contribution in [0.25, 0.3) is 0 Å². The van der Waals surface area contributed by atoms with Crippen molar-refractivity contribution in [3.63, 3.8) is 0 Å². The van der Waals surface area contributed by atoms with Crippen LogP contribution in [0.4, 0.5) is 11.5 Å². The molecule has 2 fully saturated rings. The molecule has 6 heteroatoms. The van der Waals surface area contributed by atoms with Crippen molar-refractivity contribution < 1.29 is 9.47 Å². The van der Waals surface area contributed by atoms with E-state index in [-0.39, 0.29) is 6.10 Å². The highest BCUT2D eigenvalue weighted by Gasteiger charge is 2.33. The van der Waals surface area contributed by atoms with Crippen molar-refractivity contribution in [1.82, 2.24) is 15.3 Å². The maximum Gasteiger partial charge on any atom is 0.221 e. The van der Waals surface area contributed by atoms with Gasteiger partial charge in [0.25, 0.3) is 0 Å². The number of hydrogen-bond donors (Lipinski definition) is 2. The third kappa shape index (κ3) is 3.75. The number of benzene rings is 1. The van der Waals surface area contributed by atoms with Gasteiger partial charge in [0.1, 0.15) is 18.2 Å². The summed E-state index contributed by atoms with van der Waals surface area (Å²) in [4.78, 5) is 8.73. The lowest BCUT2D eigenvalue weighted by atomic mass is 9.95. The Bertz CT molecular complexity index is 723. The Balaban J connectivity index is 1.48. The summed E-state index contributed by atoms with van der Waals surface area (Å²) >= 11 is 0. The van der Waals surface area contributed by atoms with Gasteiger partial charge in [0.05, 0.1) is 18.8 Å². The van der Waals surface area contributed by atoms with Gasteiger partial charge in [-0.1, -0.05) is 17.7 Å². The zero-order valence-electron chi connectivity index (χ0n) is 14.7. The van der Waals surface area contributed by atoms with Gasteiger partial charge in [-0.25, -0.2) is 9.97 Å². The number of aromatic nitrogens is 2. The zero-order chi connectivity index (χ0) is 17.2. The average molecular weight is 340 g/mol. The monoisotopic (exact) mass is 340 g/mol. The van der Waals surface area contributed by atoms with Crippen molar-refractivity contribution in [3.8, 4) is 5.88 Å². The number of nitrogens with one attached hydrogen (secondary N) is 2. The maximum absolute atomic E-state index is 6.23. The Kier molecular flexibility index (Phi) is 4.55. The molecule has 2 N–H and O–H groups in total. The number of morpholine rings is 1. The summed E-state index contributed by atoms with van der Waals surface area (Å²) in [5.41, 5.74) is 3.17. The molecule has 132 valence electrons. The molecular formula is C19H24N4O2. The Morgan fingerprint density at radius 1 is 1.08 bits per heavy atom. The number of piperidine rings is 1. The molecular weight excluding hydrogens is 316 g/mol. The number of anilines is 2. The molecule has 0 spiro atoms. The first-order valence-electron chi connectivity index (χ1n) is 8.83. The molecule has 25 heavy (non-hydrogen) atoms. The molecule has 2 unspecified atom stereocenters. The first kappa shape index (κ1) is 16.3. The van der Waals surface area contributed by atoms with Gasteiger partial charge < -0.3 is 20.1 Å². The Morgan fingerprint density at radius 3 is 2.52 bits per heavy atom. The third-order valence-corrected chi connectivity index (χ3v) is 4.83. The highest BCUT2D eigenvalue weighted by molar-refractivity contribution is 5.60. The van der Waals surface area contributed by atoms with Gasteiger partial charge in [-0.05, 0) is 26.0 Å². The van der Waals surface area contributed by atoms with E-state index >= 15 is 0 Å². The van der Waals surface area contributed by atoms with Crippen molar-refractivity contribution >= 4 is 11.5 Å². The van der Waals surface area contributed by atoms with Crippen LogP contribution < -0.4 is 15.4 Å². The fraction of sp³-hybridized carbons (Fsp3) is 0.474. The van der Waals surface area contributed by atoms with Crippen LogP contribution in [0.1, 0.15) is 24.0 Å². The van der Waals surface area contributed by atoms with Gasteiger partial charge in [0.15, 0.2) is 0 Å². The van der Waals surface area contributed by atoms with Crippen molar-refractivity contribution in [2.24, 2.45) is 0 Å². The van der Waals surface area contributed by atoms with Crippen molar-refractivity contribution in [2.45, 2.75) is 44.9 Å². The minimum Gasteiger partial charge on any atom is -0.474 e. The highest BCUT2D eigenvalue weighted by Crippen LogP contribution is 2.28. The maximum atomic E-state index is 6.23. The van der Waals surface area contributed by atoms with Crippen LogP contribution in [0, 0.1) is 13.8 Å². The highest BCUT2D eigenvalue weighted by atomic mass is 16.5. The molecule has 4 rings (SSSR count). The van der Waals surface area contributed by atoms with E-state index in [2.05, 4.69) is 39.7 Å². The molecule has 2 atom stereocenters. The van der Waals surface area contributed by atoms with Gasteiger partial charge in [-0.15, -0.1) is 0 Å². The lowest BCUT2D eigenvalue weighted by Crippen LogP contribution is -2.56. The van der Waals surface area contributed by atoms with E-state index in [0.717, 1.165) is 43.1 Å². The Hall–Kier alpha value is -2.18. The smallest absolute Gasteiger partial charge is 0.221 e. The summed E-state index contributed by atoms with van der Waals surface area (Å²) in [6.07, 6.45) is 3.62. The molecule has 0 radical (unpaired) electrons. The first-order chi connectivity index (χ1) is 12.2. The summed E-state index contributed by atoms with van der Waals surface area (Å²) in [7, 11) is 0. The van der Waals surface area contributed by atoms with Crippen LogP contribution in [-0.4, -0.2) is 41.4 Å². The number of nitrogens with zero attached hydrogens (tertiary/aromatic N) is 2. The van der Waals surface area contributed by atoms with Crippen LogP contribution in [0.3, 0.4) is 0 Å². The summed E-state index contributed by atoms with van der Waals surface area (Å²) in [6, 6.07) is 9.00. The molecule has 0 saturated carbocycles. The van der Waals surface area contributed by atoms with Crippen molar-refractivity contribution in [2.75, 3.05) is 18.5 Å². The van der Waals surface area contributed by atoms with E-state index in [1.165, 1.54) is 5.56 Å². The summed E-state index contributed by atoms with van der Waals surface area (Å²) in [5.74, 6) is 1.45. The predicted molar refractivity (Wildman–Crippen MR) is 96.4 cm³/mol. The van der Waals surface area contributed by atoms with Crippen LogP contribution in [0.15, 0.2) is 30.6 Å². The van der Waals surface area contributed by atoms with E-state index in [1.54, 1.807) is 6.33 Å². The van der Waals surface area contributed by atoms with Crippen molar-refractivity contribution in [3.05, 3.63) is 41.7 Å². The van der Waals surface area contributed by atoms with E-state index in [4.69, 9.17) is 9.47 Å². The SMILES string of the molecule is Cc1ccc(Nc2ncnc(OC3CC4COCC(C3)N4)c2C)cc1. The van der Waals surface area contributed by atoms with Gasteiger partial charge in [0, 0.05) is 30.6 Å². The summed E-state index contributed by atoms with van der Waals surface area (Å²) < 4.78 is 11.8. The van der Waals surface area contributed by atoms with Gasteiger partial charge in [-0.2, -0.15) is 0 Å². The van der Waals surface area contributed by atoms with Crippen LogP contribution in [-0.2, 0) is 4.74 Å². The Labute approximate surface area is 148 Å². The number of ether oxygens (including phenoxy) is 2. The molecule has 1 aromatic heterocycles. The normalized spacial score (nSPS) is 25.4. The molecule has 6 nitrogen and oxygen atoms in total. The number of hydrogen-bond acceptors (Lipinski definition) is 6. The summed E-state index contributed by atoms with van der Waals surface area (Å²) in [5, 5.41) is 6.94. The minimum atomic E-state index is 0.168. The zero-order valence-corrected chi connectivity index (χ0v) is 14.7. The Morgan fingerprint density at radius 2 is 1.80 bits per heavy atom. The molecule has 3 heterocycles. The average Bonchev–Trinajstić information content (AvgIpc) is 2.60. The standard InChI is InChI=1S/C19H24N4O2/c1-12-3-5-14(6-4-12)23-18-13(2)19(21-11-20-18)25-17-7-15-9-24-10-16(8-17)22-15/h3-6,11,15-17,22H,7-10H2,1-2H3,(H,20,21,23). The number of rotatable bonds is 4. The van der Waals surface area contributed by atoms with Crippen LogP contribution >= 0.6 is 0 Å². The number of fused-ring (bicyclic) bond motifs is 2. The van der Waals surface area contributed by atoms with E-state index in [1.807, 2.05) is 19.1 Å². The van der Waals surface area contributed by atoms with Gasteiger partial charge in [-0.3, -0.25) is 0 Å². The van der Waals surface area contributed by atoms with Crippen LogP contribution in [0.2, 0.25) is 0 Å². The molecule has 2 aliphatic heterocycles. The topological polar surface area (TPSA) is 68.3 Å². The van der Waals surface area contributed by atoms with Crippen LogP contribution in [0.5, 0.6) is 5.88 Å². The van der Waals surface area contributed by atoms with E-state index in [0.29, 0.717) is 18.0 Å². The van der Waals surface area contributed by atoms with Crippen molar-refractivity contribution in [1.29, 1.82) is 0 Å². The van der Waals surface area contributed by atoms with E-state index in [9.17, 15) is 0 Å². The van der Waals surface area contributed by atoms with Gasteiger partial charge >= 0.3 is 0 Å². The lowest BCUT2D eigenvalue weighted by molar-refractivity contribution is -0.0134. The fourth-order valence-electron chi connectivity index (χ4n) is 3.49. The quantitative estimate of drug-likeness (QED) is 0.892. The second kappa shape index (κ2) is 6.98. The predicted octanol–water partition coefficient (Wildman–Crippen LogP) is 2.74. The molecule has 2 saturated heterocycles. The molecule has 1 aromatic carbocycles. The second-order valence-electron chi connectivity index (χ2n) is 6.95. The first-order valence-corrected chi connectivity index (χ1v) is 8.83. The molecule has 0 amide bonds. The van der Waals surface area contributed by atoms with E-state index < -0.39 is 0 Å². The molecule has 2 aliphatic rings. The lowest BCUT2D eigenvalue weighted by Gasteiger charge is -2.39. The largest absolute Gasteiger partial charge is 0.474 e. The second-order valence-corrected chi connectivity index (χ2v) is 6.95. The fourth-order valence-corrected chi connectivity index (χ4v) is 3.49. The molecule has 2 aromatic rings. The third-order valence-electron chi connectivity index (χ3n) is 4.83. The summed E-state index contributed by atoms with van der Waals surface area (Å²) in [6.45, 7) is 5.60. The molecule has 2 bridgehead atoms. The minimum absolute atomic E-state index is 0.168. The molecule has 0 aliphatic carbocycles. The number of aryl methyl sites for hydroxylation is 1. The van der Waals surface area contributed by atoms with Gasteiger partial charge in [0.2, 0.25) is 5.88 Å².